The van der Waals surface area contributed by atoms with Crippen molar-refractivity contribution < 1.29 is 56.6 Å². The fourth-order valence-corrected chi connectivity index (χ4v) is 1.14. The summed E-state index contributed by atoms with van der Waals surface area (Å²) in [5.41, 5.74) is 0. The number of rotatable bonds is 14. The van der Waals surface area contributed by atoms with E-state index < -0.39 is 44.6 Å². The summed E-state index contributed by atoms with van der Waals surface area (Å²) < 4.78 is 70.9. The van der Waals surface area contributed by atoms with Crippen LogP contribution in [0.2, 0.25) is 0 Å². The zero-order valence-corrected chi connectivity index (χ0v) is 20.5. The van der Waals surface area contributed by atoms with Crippen LogP contribution in [0, 0.1) is 6.43 Å². The molecule has 156 valence electrons. The molecule has 0 bridgehead atoms. The molecule has 0 aliphatic rings. The van der Waals surface area contributed by atoms with Gasteiger partial charge in [-0.05, 0) is 13.0 Å². The van der Waals surface area contributed by atoms with Gasteiger partial charge in [0.1, 0.15) is 19.4 Å². The summed E-state index contributed by atoms with van der Waals surface area (Å²) >= 11 is 0. The first-order chi connectivity index (χ1) is 11.6. The quantitative estimate of drug-likeness (QED) is 0.120. The first-order valence-corrected chi connectivity index (χ1v) is 7.15. The molecule has 0 aromatic rings. The summed E-state index contributed by atoms with van der Waals surface area (Å²) in [4.78, 5) is 0. The van der Waals surface area contributed by atoms with Crippen LogP contribution in [0.5, 0.6) is 0 Å². The smallest absolute Gasteiger partial charge is 0.376 e. The Morgan fingerprint density at radius 3 is 1.96 bits per heavy atom. The minimum Gasteiger partial charge on any atom is -0.419 e. The monoisotopic (exact) mass is 654 g/mol. The van der Waals surface area contributed by atoms with Crippen molar-refractivity contribution in [3.8, 4) is 0 Å². The molecule has 0 saturated carbocycles. The average Bonchev–Trinajstić information content (AvgIpc) is 2.46. The number of hydrogen-bond acceptors (Lipinski definition) is 7. The summed E-state index contributed by atoms with van der Waals surface area (Å²) in [7, 11) is 0. The Morgan fingerprint density at radius 2 is 1.50 bits per heavy atom. The first-order valence-electron chi connectivity index (χ1n) is 7.15. The van der Waals surface area contributed by atoms with E-state index in [1.54, 1.807) is 0 Å². The van der Waals surface area contributed by atoms with Gasteiger partial charge in [0.15, 0.2) is 0 Å². The van der Waals surface area contributed by atoms with Crippen LogP contribution in [0.15, 0.2) is 0 Å². The molecular weight excluding hydrogens is 630 g/mol. The molecule has 7 nitrogen and oxygen atoms in total. The molecule has 13 heteroatoms. The van der Waals surface area contributed by atoms with E-state index in [2.05, 4.69) is 14.2 Å². The zero-order valence-electron chi connectivity index (χ0n) is 14.1. The van der Waals surface area contributed by atoms with E-state index in [1.165, 1.54) is 0 Å². The van der Waals surface area contributed by atoms with Crippen molar-refractivity contribution in [1.29, 1.82) is 0 Å². The van der Waals surface area contributed by atoms with Crippen molar-refractivity contribution in [3.05, 3.63) is 6.43 Å². The molecular formula is C13H24F5O7Rf-. The van der Waals surface area contributed by atoms with Gasteiger partial charge >= 0.3 is 6.11 Å². The van der Waals surface area contributed by atoms with Crippen LogP contribution >= 0.6 is 0 Å². The van der Waals surface area contributed by atoms with Gasteiger partial charge in [0.05, 0.1) is 32.5 Å². The Balaban J connectivity index is -0.000000393. The predicted octanol–water partition coefficient (Wildman–Crippen LogP) is 0.110. The van der Waals surface area contributed by atoms with Crippen molar-refractivity contribution >= 4 is 0 Å². The fourth-order valence-electron chi connectivity index (χ4n) is 1.14. The van der Waals surface area contributed by atoms with Gasteiger partial charge < -0.3 is 43.4 Å². The molecule has 26 heavy (non-hydrogen) atoms. The van der Waals surface area contributed by atoms with Crippen LogP contribution in [0.1, 0.15) is 6.42 Å². The van der Waals surface area contributed by atoms with Gasteiger partial charge in [-0.15, -0.1) is 0 Å². The third-order valence-corrected chi connectivity index (χ3v) is 2.10. The van der Waals surface area contributed by atoms with Gasteiger partial charge in [0, 0.05) is 13.0 Å². The van der Waals surface area contributed by atoms with Crippen molar-refractivity contribution in [2.24, 2.45) is 0 Å². The maximum atomic E-state index is 11.7. The minimum atomic E-state index is -3.86. The number of hydrogen-bond donors (Lipinski definition) is 4. The molecule has 0 spiro atoms. The molecule has 0 aliphatic heterocycles. The molecule has 2 atom stereocenters. The molecule has 0 aromatic carbocycles. The fraction of sp³-hybridized carbons (Fsp3) is 0.923. The van der Waals surface area contributed by atoms with Crippen molar-refractivity contribution in [3.63, 3.8) is 0 Å². The normalized spacial score (nSPS) is 13.6. The van der Waals surface area contributed by atoms with Gasteiger partial charge in [-0.2, -0.15) is 8.78 Å². The summed E-state index contributed by atoms with van der Waals surface area (Å²) in [5, 5.41) is 34.0. The minimum absolute atomic E-state index is 0. The predicted molar refractivity (Wildman–Crippen MR) is 74.8 cm³/mol. The SMILES string of the molecule is OC(COCCF)COC[C-](F)F.OCCC(O)COCC(O)(F)F.[Rf]. The van der Waals surface area contributed by atoms with Crippen LogP contribution < -0.4 is 0 Å². The molecule has 0 amide bonds. The molecule has 0 heterocycles. The maximum absolute atomic E-state index is 11.7. The van der Waals surface area contributed by atoms with E-state index in [0.717, 1.165) is 0 Å². The average molecular weight is 654 g/mol. The Morgan fingerprint density at radius 1 is 0.962 bits per heavy atom. The van der Waals surface area contributed by atoms with E-state index >= 15 is 0 Å². The summed E-state index contributed by atoms with van der Waals surface area (Å²) in [6.07, 6.45) is -7.62. The van der Waals surface area contributed by atoms with E-state index in [9.17, 15) is 22.0 Å². The summed E-state index contributed by atoms with van der Waals surface area (Å²) in [5.74, 6) is 0. The Bertz CT molecular complexity index is 288. The maximum Gasteiger partial charge on any atom is 0.376 e. The van der Waals surface area contributed by atoms with E-state index in [0.29, 0.717) is 0 Å². The van der Waals surface area contributed by atoms with Gasteiger partial charge in [0.2, 0.25) is 0 Å². The van der Waals surface area contributed by atoms with E-state index in [-0.39, 0.29) is 39.5 Å². The van der Waals surface area contributed by atoms with Crippen LogP contribution in [0.4, 0.5) is 22.0 Å². The third kappa shape index (κ3) is 27.2. The molecule has 0 aromatic heterocycles. The number of alkyl halides is 3. The van der Waals surface area contributed by atoms with Gasteiger partial charge in [-0.1, -0.05) is 0 Å². The van der Waals surface area contributed by atoms with Gasteiger partial charge in [-0.25, -0.2) is 4.39 Å². The molecule has 0 radical (unpaired) electrons. The topological polar surface area (TPSA) is 109 Å². The van der Waals surface area contributed by atoms with Gasteiger partial charge in [0.25, 0.3) is 0 Å². The van der Waals surface area contributed by atoms with Crippen molar-refractivity contribution in [2.45, 2.75) is 24.7 Å². The molecule has 0 rings (SSSR count). The number of aliphatic hydroxyl groups is 4. The van der Waals surface area contributed by atoms with Crippen molar-refractivity contribution in [2.75, 3.05) is 52.9 Å². The number of ether oxygens (including phenoxy) is 3. The van der Waals surface area contributed by atoms with Crippen LogP contribution in [0.3, 0.4) is 0 Å². The number of aliphatic hydroxyl groups excluding tert-OH is 3. The first kappa shape index (κ1) is 29.1. The van der Waals surface area contributed by atoms with E-state index in [4.69, 9.17) is 20.4 Å². The standard InChI is InChI=1S/C7H12F3O3.C6H12F2O4.Rf/c8-1-2-12-3-6(11)4-13-5-7(9)10;7-6(8,11)4-12-3-5(10)1-2-9;/h6,11H,1-5H2;5,9-11H,1-4H2;/q-1;;. The Hall–Kier alpha value is -1.63. The van der Waals surface area contributed by atoms with Crippen LogP contribution in [0.25, 0.3) is 0 Å². The van der Waals surface area contributed by atoms with Crippen molar-refractivity contribution in [1.82, 2.24) is 0 Å². The second-order valence-corrected chi connectivity index (χ2v) is 4.62. The third-order valence-electron chi connectivity index (χ3n) is 2.10. The zero-order chi connectivity index (χ0) is 19.7. The molecule has 0 saturated heterocycles. The molecule has 0 aliphatic carbocycles. The van der Waals surface area contributed by atoms with Gasteiger partial charge in [-0.3, -0.25) is 0 Å². The molecule has 4 N–H and O–H groups in total. The second kappa shape index (κ2) is 18.2. The Labute approximate surface area is 141 Å². The van der Waals surface area contributed by atoms with Crippen LogP contribution in [-0.2, 0) is 14.2 Å². The Kier molecular flexibility index (Phi) is 20.4. The van der Waals surface area contributed by atoms with E-state index in [1.807, 2.05) is 0 Å². The molecule has 0 fully saturated rings. The summed E-state index contributed by atoms with van der Waals surface area (Å²) in [6.45, 7) is -3.60. The second-order valence-electron chi connectivity index (χ2n) is 4.62. The summed E-state index contributed by atoms with van der Waals surface area (Å²) in [6, 6.07) is 0. The number of halogens is 5. The molecule has 2 unspecified atom stereocenters. The van der Waals surface area contributed by atoms with Crippen LogP contribution in [-0.4, -0.2) is 91.7 Å². The largest absolute Gasteiger partial charge is 0.419 e.